The first-order valence-electron chi connectivity index (χ1n) is 13.3. The van der Waals surface area contributed by atoms with Gasteiger partial charge in [-0.25, -0.2) is 9.97 Å². The van der Waals surface area contributed by atoms with Gasteiger partial charge in [0.2, 0.25) is 5.91 Å². The summed E-state index contributed by atoms with van der Waals surface area (Å²) in [6.07, 6.45) is 11.1. The number of aromatic amines is 1. The summed E-state index contributed by atoms with van der Waals surface area (Å²) in [6, 6.07) is 5.98. The Bertz CT molecular complexity index is 1310. The van der Waals surface area contributed by atoms with E-state index < -0.39 is 0 Å². The molecule has 194 valence electrons. The smallest absolute Gasteiger partial charge is 0.255 e. The maximum Gasteiger partial charge on any atom is 0.255 e. The van der Waals surface area contributed by atoms with Crippen molar-refractivity contribution in [2.45, 2.75) is 63.5 Å². The number of carbonyl (C=O) groups is 2. The summed E-state index contributed by atoms with van der Waals surface area (Å²) in [6.45, 7) is 0.679. The van der Waals surface area contributed by atoms with Crippen molar-refractivity contribution in [2.24, 2.45) is 11.8 Å². The van der Waals surface area contributed by atoms with E-state index in [-0.39, 0.29) is 29.8 Å². The molecular formula is C28H33N5O4. The number of hydrogen-bond acceptors (Lipinski definition) is 6. The van der Waals surface area contributed by atoms with E-state index in [9.17, 15) is 9.59 Å². The number of nitrogens with one attached hydrogen (secondary N) is 3. The van der Waals surface area contributed by atoms with Gasteiger partial charge in [0.25, 0.3) is 5.91 Å². The van der Waals surface area contributed by atoms with E-state index in [1.165, 1.54) is 19.2 Å². The van der Waals surface area contributed by atoms with Crippen LogP contribution in [0.2, 0.25) is 0 Å². The fourth-order valence-electron chi connectivity index (χ4n) is 5.07. The molecule has 0 saturated heterocycles. The number of methoxy groups -OCH3 is 1. The van der Waals surface area contributed by atoms with Crippen LogP contribution in [0.15, 0.2) is 30.7 Å². The molecule has 1 aromatic carbocycles. The molecule has 37 heavy (non-hydrogen) atoms. The fourth-order valence-corrected chi connectivity index (χ4v) is 5.07. The SMILES string of the molecule is COc1ccc(OCC2CC2)c(-c2ncnc3c(C(=O)N[C@H]4CC[C@H](NC(=O)C5CC5)CC4)c[nH]c23)c1. The Morgan fingerprint density at radius 1 is 1.00 bits per heavy atom. The van der Waals surface area contributed by atoms with E-state index >= 15 is 0 Å². The Morgan fingerprint density at radius 3 is 2.46 bits per heavy atom. The molecule has 2 amide bonds. The van der Waals surface area contributed by atoms with Gasteiger partial charge in [0, 0.05) is 29.8 Å². The van der Waals surface area contributed by atoms with Crippen LogP contribution in [0.5, 0.6) is 11.5 Å². The molecule has 3 N–H and O–H groups in total. The molecule has 0 aliphatic heterocycles. The number of ether oxygens (including phenoxy) is 2. The van der Waals surface area contributed by atoms with Gasteiger partial charge in [-0.3, -0.25) is 9.59 Å². The van der Waals surface area contributed by atoms with E-state index in [0.29, 0.717) is 40.6 Å². The van der Waals surface area contributed by atoms with Crippen LogP contribution in [-0.4, -0.2) is 52.6 Å². The molecule has 2 aromatic heterocycles. The lowest BCUT2D eigenvalue weighted by molar-refractivity contribution is -0.123. The maximum atomic E-state index is 13.2. The highest BCUT2D eigenvalue weighted by Gasteiger charge is 2.32. The van der Waals surface area contributed by atoms with Crippen molar-refractivity contribution >= 4 is 22.8 Å². The van der Waals surface area contributed by atoms with E-state index in [1.54, 1.807) is 13.3 Å². The second kappa shape index (κ2) is 10.0. The van der Waals surface area contributed by atoms with Crippen molar-refractivity contribution < 1.29 is 19.1 Å². The molecule has 9 heteroatoms. The minimum atomic E-state index is -0.155. The molecule has 0 radical (unpaired) electrons. The van der Waals surface area contributed by atoms with Crippen molar-refractivity contribution in [3.05, 3.63) is 36.3 Å². The van der Waals surface area contributed by atoms with Gasteiger partial charge in [-0.05, 0) is 75.5 Å². The van der Waals surface area contributed by atoms with Gasteiger partial charge in [-0.1, -0.05) is 0 Å². The minimum Gasteiger partial charge on any atom is -0.497 e. The van der Waals surface area contributed by atoms with Crippen molar-refractivity contribution in [3.8, 4) is 22.8 Å². The molecule has 0 bridgehead atoms. The van der Waals surface area contributed by atoms with Crippen LogP contribution in [0.1, 0.15) is 61.7 Å². The molecule has 3 saturated carbocycles. The number of aromatic nitrogens is 3. The average Bonchev–Trinajstić information content (AvgIpc) is 3.85. The third-order valence-electron chi connectivity index (χ3n) is 7.68. The molecule has 2 heterocycles. The lowest BCUT2D eigenvalue weighted by Gasteiger charge is -2.29. The highest BCUT2D eigenvalue weighted by atomic mass is 16.5. The lowest BCUT2D eigenvalue weighted by atomic mass is 9.91. The number of rotatable bonds is 9. The average molecular weight is 504 g/mol. The number of amides is 2. The van der Waals surface area contributed by atoms with Crippen LogP contribution in [0.4, 0.5) is 0 Å². The summed E-state index contributed by atoms with van der Waals surface area (Å²) in [5, 5.41) is 6.34. The molecule has 0 spiro atoms. The standard InChI is InChI=1S/C28H33N5O4/c1-36-20-10-11-23(37-14-16-2-3-16)21(12-20)24-26-25(31-15-30-24)22(13-29-26)28(35)33-19-8-6-18(7-9-19)32-27(34)17-4-5-17/h10-13,15-19,29H,2-9,14H2,1H3,(H,32,34)(H,33,35)/t18-,19-. The Hall–Kier alpha value is -3.62. The van der Waals surface area contributed by atoms with Crippen LogP contribution in [0, 0.1) is 11.8 Å². The molecule has 6 rings (SSSR count). The van der Waals surface area contributed by atoms with Crippen LogP contribution < -0.4 is 20.1 Å². The maximum absolute atomic E-state index is 13.2. The second-order valence-electron chi connectivity index (χ2n) is 10.6. The fraction of sp³-hybridized carbons (Fsp3) is 0.500. The third kappa shape index (κ3) is 5.26. The van der Waals surface area contributed by atoms with Crippen LogP contribution in [-0.2, 0) is 4.79 Å². The summed E-state index contributed by atoms with van der Waals surface area (Å²) in [7, 11) is 1.63. The molecular weight excluding hydrogens is 470 g/mol. The van der Waals surface area contributed by atoms with Crippen LogP contribution in [0.25, 0.3) is 22.3 Å². The van der Waals surface area contributed by atoms with Crippen molar-refractivity contribution in [2.75, 3.05) is 13.7 Å². The van der Waals surface area contributed by atoms with Gasteiger partial charge in [0.1, 0.15) is 29.0 Å². The van der Waals surface area contributed by atoms with E-state index in [4.69, 9.17) is 9.47 Å². The first kappa shape index (κ1) is 23.8. The van der Waals surface area contributed by atoms with Crippen molar-refractivity contribution in [1.82, 2.24) is 25.6 Å². The lowest BCUT2D eigenvalue weighted by Crippen LogP contribution is -2.44. The summed E-state index contributed by atoms with van der Waals surface area (Å²) in [5.74, 6) is 2.32. The van der Waals surface area contributed by atoms with Gasteiger partial charge >= 0.3 is 0 Å². The van der Waals surface area contributed by atoms with Crippen LogP contribution >= 0.6 is 0 Å². The summed E-state index contributed by atoms with van der Waals surface area (Å²) in [5.41, 5.74) is 3.21. The van der Waals surface area contributed by atoms with Gasteiger partial charge in [-0.15, -0.1) is 0 Å². The van der Waals surface area contributed by atoms with E-state index in [2.05, 4.69) is 25.6 Å². The number of hydrogen-bond donors (Lipinski definition) is 3. The number of nitrogens with zero attached hydrogens (tertiary/aromatic N) is 2. The largest absolute Gasteiger partial charge is 0.497 e. The zero-order valence-electron chi connectivity index (χ0n) is 21.1. The number of carbonyl (C=O) groups excluding carboxylic acids is 2. The third-order valence-corrected chi connectivity index (χ3v) is 7.68. The molecule has 3 fully saturated rings. The normalized spacial score (nSPS) is 21.4. The highest BCUT2D eigenvalue weighted by molar-refractivity contribution is 6.08. The van der Waals surface area contributed by atoms with E-state index in [1.807, 2.05) is 18.2 Å². The van der Waals surface area contributed by atoms with Crippen molar-refractivity contribution in [3.63, 3.8) is 0 Å². The quantitative estimate of drug-likeness (QED) is 0.406. The second-order valence-corrected chi connectivity index (χ2v) is 10.6. The molecule has 9 nitrogen and oxygen atoms in total. The van der Waals surface area contributed by atoms with Gasteiger partial charge in [0.05, 0.1) is 24.8 Å². The molecule has 3 aromatic rings. The molecule has 0 unspecified atom stereocenters. The Labute approximate surface area is 215 Å². The van der Waals surface area contributed by atoms with Crippen molar-refractivity contribution in [1.29, 1.82) is 0 Å². The summed E-state index contributed by atoms with van der Waals surface area (Å²) >= 11 is 0. The zero-order valence-corrected chi connectivity index (χ0v) is 21.1. The van der Waals surface area contributed by atoms with Crippen LogP contribution in [0.3, 0.4) is 0 Å². The Kier molecular flexibility index (Phi) is 6.44. The molecule has 0 atom stereocenters. The number of benzene rings is 1. The van der Waals surface area contributed by atoms with Gasteiger partial charge in [-0.2, -0.15) is 0 Å². The first-order chi connectivity index (χ1) is 18.1. The van der Waals surface area contributed by atoms with Gasteiger partial charge < -0.3 is 25.1 Å². The molecule has 3 aliphatic rings. The zero-order chi connectivity index (χ0) is 25.4. The summed E-state index contributed by atoms with van der Waals surface area (Å²) in [4.78, 5) is 37.5. The monoisotopic (exact) mass is 503 g/mol. The highest BCUT2D eigenvalue weighted by Crippen LogP contribution is 2.38. The topological polar surface area (TPSA) is 118 Å². The van der Waals surface area contributed by atoms with Gasteiger partial charge in [0.15, 0.2) is 0 Å². The number of fused-ring (bicyclic) bond motifs is 1. The first-order valence-corrected chi connectivity index (χ1v) is 13.3. The Balaban J connectivity index is 1.18. The predicted molar refractivity (Wildman–Crippen MR) is 138 cm³/mol. The minimum absolute atomic E-state index is 0.0774. The summed E-state index contributed by atoms with van der Waals surface area (Å²) < 4.78 is 11.6. The molecule has 3 aliphatic carbocycles. The van der Waals surface area contributed by atoms with E-state index in [0.717, 1.165) is 49.8 Å². The predicted octanol–water partition coefficient (Wildman–Crippen LogP) is 3.99. The Morgan fingerprint density at radius 2 is 1.76 bits per heavy atom. The number of H-pyrrole nitrogens is 1.